The molecule has 0 aliphatic rings. The summed E-state index contributed by atoms with van der Waals surface area (Å²) in [5, 5.41) is 3.37. The van der Waals surface area contributed by atoms with E-state index in [1.807, 2.05) is 26.4 Å². The van der Waals surface area contributed by atoms with Crippen LogP contribution in [0.5, 0.6) is 0 Å². The molecular weight excluding hydrogens is 210 g/mol. The molecule has 2 aromatic rings. The van der Waals surface area contributed by atoms with E-state index in [0.29, 0.717) is 0 Å². The van der Waals surface area contributed by atoms with Crippen LogP contribution in [0.1, 0.15) is 5.56 Å². The standard InChI is InChI=1S/C14H17N3/c1-17(2)14-7-5-13(6-8-14)16-11-12-4-3-9-15-10-12/h3-10,16H,11H2,1-2H3. The Morgan fingerprint density at radius 1 is 1.12 bits per heavy atom. The minimum atomic E-state index is 0.801. The molecule has 3 heteroatoms. The van der Waals surface area contributed by atoms with Gasteiger partial charge in [0, 0.05) is 44.4 Å². The first-order valence-electron chi connectivity index (χ1n) is 5.66. The van der Waals surface area contributed by atoms with E-state index in [2.05, 4.69) is 45.5 Å². The smallest absolute Gasteiger partial charge is 0.0416 e. The Morgan fingerprint density at radius 3 is 2.47 bits per heavy atom. The number of anilines is 2. The summed E-state index contributed by atoms with van der Waals surface area (Å²) in [6.07, 6.45) is 3.66. The monoisotopic (exact) mass is 227 g/mol. The number of hydrogen-bond donors (Lipinski definition) is 1. The third kappa shape index (κ3) is 3.21. The van der Waals surface area contributed by atoms with Crippen LogP contribution in [0, 0.1) is 0 Å². The first kappa shape index (κ1) is 11.5. The average molecular weight is 227 g/mol. The maximum atomic E-state index is 4.09. The van der Waals surface area contributed by atoms with Gasteiger partial charge in [0.1, 0.15) is 0 Å². The first-order chi connectivity index (χ1) is 8.25. The molecule has 1 N–H and O–H groups in total. The van der Waals surface area contributed by atoms with Crippen LogP contribution in [0.3, 0.4) is 0 Å². The predicted molar refractivity (Wildman–Crippen MR) is 72.3 cm³/mol. The van der Waals surface area contributed by atoms with E-state index >= 15 is 0 Å². The van der Waals surface area contributed by atoms with Crippen LogP contribution in [0.2, 0.25) is 0 Å². The van der Waals surface area contributed by atoms with Gasteiger partial charge in [-0.2, -0.15) is 0 Å². The summed E-state index contributed by atoms with van der Waals surface area (Å²) in [7, 11) is 4.08. The number of pyridine rings is 1. The number of nitrogens with one attached hydrogen (secondary N) is 1. The third-order valence-electron chi connectivity index (χ3n) is 2.60. The lowest BCUT2D eigenvalue weighted by atomic mass is 10.2. The summed E-state index contributed by atoms with van der Waals surface area (Å²) in [5.74, 6) is 0. The fourth-order valence-corrected chi connectivity index (χ4v) is 1.58. The molecule has 0 spiro atoms. The third-order valence-corrected chi connectivity index (χ3v) is 2.60. The first-order valence-corrected chi connectivity index (χ1v) is 5.66. The van der Waals surface area contributed by atoms with Crippen LogP contribution in [-0.2, 0) is 6.54 Å². The molecule has 1 aromatic heterocycles. The number of aromatic nitrogens is 1. The van der Waals surface area contributed by atoms with Crippen LogP contribution < -0.4 is 10.2 Å². The molecule has 1 heterocycles. The molecule has 0 aliphatic heterocycles. The molecule has 0 bridgehead atoms. The Hall–Kier alpha value is -2.03. The highest BCUT2D eigenvalue weighted by Crippen LogP contribution is 2.16. The minimum Gasteiger partial charge on any atom is -0.381 e. The molecule has 88 valence electrons. The van der Waals surface area contributed by atoms with E-state index < -0.39 is 0 Å². The molecule has 3 nitrogen and oxygen atoms in total. The van der Waals surface area contributed by atoms with Gasteiger partial charge in [-0.05, 0) is 35.9 Å². The molecule has 0 radical (unpaired) electrons. The van der Waals surface area contributed by atoms with Crippen molar-refractivity contribution < 1.29 is 0 Å². The van der Waals surface area contributed by atoms with Gasteiger partial charge in [0.25, 0.3) is 0 Å². The molecule has 1 aromatic carbocycles. The second kappa shape index (κ2) is 5.34. The predicted octanol–water partition coefficient (Wildman–Crippen LogP) is 2.76. The Balaban J connectivity index is 1.96. The highest BCUT2D eigenvalue weighted by Gasteiger charge is 1.96. The lowest BCUT2D eigenvalue weighted by molar-refractivity contribution is 1.11. The maximum Gasteiger partial charge on any atom is 0.0416 e. The number of benzene rings is 1. The van der Waals surface area contributed by atoms with Gasteiger partial charge in [0.2, 0.25) is 0 Å². The van der Waals surface area contributed by atoms with Gasteiger partial charge < -0.3 is 10.2 Å². The molecule has 0 saturated heterocycles. The topological polar surface area (TPSA) is 28.2 Å². The van der Waals surface area contributed by atoms with Gasteiger partial charge in [0.15, 0.2) is 0 Å². The Labute approximate surface area is 102 Å². The zero-order chi connectivity index (χ0) is 12.1. The van der Waals surface area contributed by atoms with Gasteiger partial charge in [-0.3, -0.25) is 4.98 Å². The molecule has 0 unspecified atom stereocenters. The normalized spacial score (nSPS) is 10.0. The van der Waals surface area contributed by atoms with Gasteiger partial charge in [-0.15, -0.1) is 0 Å². The van der Waals surface area contributed by atoms with E-state index in [1.54, 1.807) is 6.20 Å². The zero-order valence-electron chi connectivity index (χ0n) is 10.2. The molecular formula is C14H17N3. The lowest BCUT2D eigenvalue weighted by Crippen LogP contribution is -2.08. The second-order valence-corrected chi connectivity index (χ2v) is 4.16. The van der Waals surface area contributed by atoms with Crippen molar-refractivity contribution >= 4 is 11.4 Å². The summed E-state index contributed by atoms with van der Waals surface area (Å²) in [6.45, 7) is 0.801. The fourth-order valence-electron chi connectivity index (χ4n) is 1.58. The fraction of sp³-hybridized carbons (Fsp3) is 0.214. The van der Waals surface area contributed by atoms with Gasteiger partial charge >= 0.3 is 0 Å². The van der Waals surface area contributed by atoms with Gasteiger partial charge in [0.05, 0.1) is 0 Å². The molecule has 0 fully saturated rings. The SMILES string of the molecule is CN(C)c1ccc(NCc2cccnc2)cc1. The van der Waals surface area contributed by atoms with Crippen LogP contribution in [0.4, 0.5) is 11.4 Å². The van der Waals surface area contributed by atoms with E-state index in [4.69, 9.17) is 0 Å². The summed E-state index contributed by atoms with van der Waals surface area (Å²) >= 11 is 0. The quantitative estimate of drug-likeness (QED) is 0.870. The van der Waals surface area contributed by atoms with Crippen LogP contribution >= 0.6 is 0 Å². The number of hydrogen-bond acceptors (Lipinski definition) is 3. The van der Waals surface area contributed by atoms with Crippen molar-refractivity contribution in [1.29, 1.82) is 0 Å². The van der Waals surface area contributed by atoms with E-state index in [9.17, 15) is 0 Å². The second-order valence-electron chi connectivity index (χ2n) is 4.16. The van der Waals surface area contributed by atoms with E-state index in [-0.39, 0.29) is 0 Å². The van der Waals surface area contributed by atoms with Crippen molar-refractivity contribution in [3.05, 3.63) is 54.4 Å². The van der Waals surface area contributed by atoms with Gasteiger partial charge in [-0.1, -0.05) is 6.07 Å². The van der Waals surface area contributed by atoms with Crippen molar-refractivity contribution in [2.45, 2.75) is 6.54 Å². The largest absolute Gasteiger partial charge is 0.381 e. The van der Waals surface area contributed by atoms with Crippen molar-refractivity contribution in [1.82, 2.24) is 4.98 Å². The minimum absolute atomic E-state index is 0.801. The summed E-state index contributed by atoms with van der Waals surface area (Å²) < 4.78 is 0. The Kier molecular flexibility index (Phi) is 3.60. The molecule has 17 heavy (non-hydrogen) atoms. The maximum absolute atomic E-state index is 4.09. The van der Waals surface area contributed by atoms with Crippen molar-refractivity contribution in [3.63, 3.8) is 0 Å². The van der Waals surface area contributed by atoms with Crippen LogP contribution in [0.15, 0.2) is 48.8 Å². The Morgan fingerprint density at radius 2 is 1.88 bits per heavy atom. The average Bonchev–Trinajstić information content (AvgIpc) is 2.38. The highest BCUT2D eigenvalue weighted by molar-refractivity contribution is 5.54. The van der Waals surface area contributed by atoms with Crippen molar-refractivity contribution in [2.75, 3.05) is 24.3 Å². The van der Waals surface area contributed by atoms with Crippen molar-refractivity contribution in [3.8, 4) is 0 Å². The van der Waals surface area contributed by atoms with E-state index in [0.717, 1.165) is 12.2 Å². The van der Waals surface area contributed by atoms with E-state index in [1.165, 1.54) is 11.3 Å². The van der Waals surface area contributed by atoms with Gasteiger partial charge in [-0.25, -0.2) is 0 Å². The lowest BCUT2D eigenvalue weighted by Gasteiger charge is -2.13. The molecule has 0 amide bonds. The molecule has 0 saturated carbocycles. The zero-order valence-corrected chi connectivity index (χ0v) is 10.2. The summed E-state index contributed by atoms with van der Waals surface area (Å²) in [6, 6.07) is 12.4. The highest BCUT2D eigenvalue weighted by atomic mass is 15.1. The summed E-state index contributed by atoms with van der Waals surface area (Å²) in [4.78, 5) is 6.18. The van der Waals surface area contributed by atoms with Crippen molar-refractivity contribution in [2.24, 2.45) is 0 Å². The Bertz CT molecular complexity index is 449. The van der Waals surface area contributed by atoms with Crippen LogP contribution in [-0.4, -0.2) is 19.1 Å². The molecule has 0 atom stereocenters. The summed E-state index contributed by atoms with van der Waals surface area (Å²) in [5.41, 5.74) is 3.51. The number of nitrogens with zero attached hydrogens (tertiary/aromatic N) is 2. The molecule has 2 rings (SSSR count). The van der Waals surface area contributed by atoms with Crippen LogP contribution in [0.25, 0.3) is 0 Å². The number of rotatable bonds is 4. The molecule has 0 aliphatic carbocycles.